The van der Waals surface area contributed by atoms with Crippen LogP contribution in [-0.4, -0.2) is 24.6 Å². The van der Waals surface area contributed by atoms with Gasteiger partial charge in [0.25, 0.3) is 0 Å². The third-order valence-corrected chi connectivity index (χ3v) is 3.77. The first kappa shape index (κ1) is 11.0. The van der Waals surface area contributed by atoms with E-state index in [-0.39, 0.29) is 0 Å². The second kappa shape index (κ2) is 5.58. The Labute approximate surface area is 95.3 Å². The number of aryl methyl sites for hydroxylation is 1. The number of nitrogens with one attached hydrogen (secondary N) is 2. The summed E-state index contributed by atoms with van der Waals surface area (Å²) in [6.45, 7) is 6.56. The monoisotopic (exact) mass is 225 g/mol. The Bertz CT molecular complexity index is 292. The molecule has 0 atom stereocenters. The van der Waals surface area contributed by atoms with Crippen molar-refractivity contribution < 1.29 is 0 Å². The molecule has 1 aliphatic rings. The molecule has 0 bridgehead atoms. The van der Waals surface area contributed by atoms with Crippen molar-refractivity contribution in [2.75, 3.05) is 19.6 Å². The highest BCUT2D eigenvalue weighted by Gasteiger charge is 2.12. The third kappa shape index (κ3) is 3.55. The number of piperidine rings is 1. The van der Waals surface area contributed by atoms with Crippen LogP contribution in [0, 0.1) is 12.8 Å². The average molecular weight is 225 g/mol. The number of rotatable bonds is 4. The van der Waals surface area contributed by atoms with Gasteiger partial charge in [0.1, 0.15) is 0 Å². The summed E-state index contributed by atoms with van der Waals surface area (Å²) in [7, 11) is 0. The van der Waals surface area contributed by atoms with Crippen molar-refractivity contribution in [3.8, 4) is 0 Å². The zero-order valence-electron chi connectivity index (χ0n) is 9.25. The van der Waals surface area contributed by atoms with Crippen LogP contribution in [0.4, 0.5) is 0 Å². The normalized spacial score (nSPS) is 18.2. The molecule has 0 aliphatic carbocycles. The van der Waals surface area contributed by atoms with Gasteiger partial charge in [0.05, 0.1) is 5.01 Å². The van der Waals surface area contributed by atoms with Crippen LogP contribution in [0.15, 0.2) is 6.20 Å². The van der Waals surface area contributed by atoms with Crippen LogP contribution >= 0.6 is 11.3 Å². The van der Waals surface area contributed by atoms with Crippen molar-refractivity contribution in [3.05, 3.63) is 16.1 Å². The fourth-order valence-corrected chi connectivity index (χ4v) is 2.74. The van der Waals surface area contributed by atoms with Gasteiger partial charge in [-0.25, -0.2) is 4.98 Å². The molecule has 84 valence electrons. The molecule has 3 nitrogen and oxygen atoms in total. The minimum Gasteiger partial charge on any atom is -0.317 e. The van der Waals surface area contributed by atoms with Gasteiger partial charge in [-0.1, -0.05) is 0 Å². The van der Waals surface area contributed by atoms with E-state index >= 15 is 0 Å². The summed E-state index contributed by atoms with van der Waals surface area (Å²) < 4.78 is 0. The minimum atomic E-state index is 0.861. The van der Waals surface area contributed by atoms with Crippen LogP contribution < -0.4 is 10.6 Å². The van der Waals surface area contributed by atoms with Gasteiger partial charge >= 0.3 is 0 Å². The molecule has 1 fully saturated rings. The van der Waals surface area contributed by atoms with Gasteiger partial charge in [-0.2, -0.15) is 0 Å². The van der Waals surface area contributed by atoms with Crippen molar-refractivity contribution in [2.24, 2.45) is 5.92 Å². The summed E-state index contributed by atoms with van der Waals surface area (Å²) in [6.07, 6.45) is 4.61. The van der Waals surface area contributed by atoms with E-state index in [4.69, 9.17) is 0 Å². The summed E-state index contributed by atoms with van der Waals surface area (Å²) in [6, 6.07) is 0. The van der Waals surface area contributed by atoms with Gasteiger partial charge in [-0.05, 0) is 45.3 Å². The number of hydrogen-bond donors (Lipinski definition) is 2. The molecule has 1 saturated heterocycles. The molecule has 1 aromatic rings. The maximum atomic E-state index is 4.25. The Morgan fingerprint density at radius 3 is 3.00 bits per heavy atom. The van der Waals surface area contributed by atoms with Gasteiger partial charge in [-0.3, -0.25) is 0 Å². The average Bonchev–Trinajstić information content (AvgIpc) is 2.66. The third-order valence-electron chi connectivity index (χ3n) is 2.86. The Kier molecular flexibility index (Phi) is 4.11. The predicted octanol–water partition coefficient (Wildman–Crippen LogP) is 1.54. The van der Waals surface area contributed by atoms with E-state index in [1.807, 2.05) is 6.20 Å². The standard InChI is InChI=1S/C11H19N3S/c1-9-14-8-11(15-9)7-13-6-10-2-4-12-5-3-10/h8,10,12-13H,2-7H2,1H3. The van der Waals surface area contributed by atoms with Gasteiger partial charge < -0.3 is 10.6 Å². The minimum absolute atomic E-state index is 0.861. The largest absolute Gasteiger partial charge is 0.317 e. The lowest BCUT2D eigenvalue weighted by Gasteiger charge is -2.22. The SMILES string of the molecule is Cc1ncc(CNCC2CCNCC2)s1. The first-order chi connectivity index (χ1) is 7.34. The second-order valence-corrected chi connectivity index (χ2v) is 5.49. The molecule has 2 N–H and O–H groups in total. The number of aromatic nitrogens is 1. The highest BCUT2D eigenvalue weighted by Crippen LogP contribution is 2.13. The summed E-state index contributed by atoms with van der Waals surface area (Å²) in [5.74, 6) is 0.861. The van der Waals surface area contributed by atoms with Crippen molar-refractivity contribution in [1.29, 1.82) is 0 Å². The Balaban J connectivity index is 1.65. The van der Waals surface area contributed by atoms with Crippen molar-refractivity contribution >= 4 is 11.3 Å². The lowest BCUT2D eigenvalue weighted by Crippen LogP contribution is -2.33. The topological polar surface area (TPSA) is 37.0 Å². The van der Waals surface area contributed by atoms with Crippen molar-refractivity contribution in [3.63, 3.8) is 0 Å². The first-order valence-electron chi connectivity index (χ1n) is 5.67. The van der Waals surface area contributed by atoms with Crippen molar-refractivity contribution in [1.82, 2.24) is 15.6 Å². The molecule has 1 aliphatic heterocycles. The quantitative estimate of drug-likeness (QED) is 0.816. The zero-order valence-corrected chi connectivity index (χ0v) is 10.1. The van der Waals surface area contributed by atoms with E-state index in [1.54, 1.807) is 11.3 Å². The van der Waals surface area contributed by atoms with E-state index in [2.05, 4.69) is 22.5 Å². The lowest BCUT2D eigenvalue weighted by atomic mass is 9.98. The Morgan fingerprint density at radius 2 is 2.33 bits per heavy atom. The smallest absolute Gasteiger partial charge is 0.0897 e. The maximum absolute atomic E-state index is 4.25. The molecule has 1 aromatic heterocycles. The molecule has 15 heavy (non-hydrogen) atoms. The van der Waals surface area contributed by atoms with Crippen LogP contribution in [0.5, 0.6) is 0 Å². The van der Waals surface area contributed by atoms with Crippen molar-refractivity contribution in [2.45, 2.75) is 26.3 Å². The van der Waals surface area contributed by atoms with Crippen LogP contribution in [0.1, 0.15) is 22.7 Å². The molecule has 0 unspecified atom stereocenters. The van der Waals surface area contributed by atoms with E-state index < -0.39 is 0 Å². The molecule has 2 rings (SSSR count). The summed E-state index contributed by atoms with van der Waals surface area (Å²) in [5, 5.41) is 8.08. The fraction of sp³-hybridized carbons (Fsp3) is 0.727. The van der Waals surface area contributed by atoms with Crippen LogP contribution in [0.2, 0.25) is 0 Å². The van der Waals surface area contributed by atoms with E-state index in [1.165, 1.54) is 30.8 Å². The van der Waals surface area contributed by atoms with E-state index in [0.717, 1.165) is 24.0 Å². The second-order valence-electron chi connectivity index (χ2n) is 4.17. The summed E-state index contributed by atoms with van der Waals surface area (Å²) >= 11 is 1.79. The van der Waals surface area contributed by atoms with Gasteiger partial charge in [0.2, 0.25) is 0 Å². The zero-order chi connectivity index (χ0) is 10.5. The van der Waals surface area contributed by atoms with Crippen LogP contribution in [-0.2, 0) is 6.54 Å². The Hall–Kier alpha value is -0.450. The first-order valence-corrected chi connectivity index (χ1v) is 6.49. The highest BCUT2D eigenvalue weighted by atomic mass is 32.1. The molecule has 0 aromatic carbocycles. The number of nitrogens with zero attached hydrogens (tertiary/aromatic N) is 1. The maximum Gasteiger partial charge on any atom is 0.0897 e. The van der Waals surface area contributed by atoms with Crippen LogP contribution in [0.3, 0.4) is 0 Å². The molecule has 4 heteroatoms. The van der Waals surface area contributed by atoms with Crippen LogP contribution in [0.25, 0.3) is 0 Å². The summed E-state index contributed by atoms with van der Waals surface area (Å²) in [4.78, 5) is 5.60. The molecule has 0 amide bonds. The molecular weight excluding hydrogens is 206 g/mol. The summed E-state index contributed by atoms with van der Waals surface area (Å²) in [5.41, 5.74) is 0. The molecule has 0 radical (unpaired) electrons. The number of hydrogen-bond acceptors (Lipinski definition) is 4. The fourth-order valence-electron chi connectivity index (χ4n) is 1.97. The lowest BCUT2D eigenvalue weighted by molar-refractivity contribution is 0.357. The van der Waals surface area contributed by atoms with Gasteiger partial charge in [0.15, 0.2) is 0 Å². The van der Waals surface area contributed by atoms with E-state index in [9.17, 15) is 0 Å². The molecule has 0 spiro atoms. The van der Waals surface area contributed by atoms with Gasteiger partial charge in [-0.15, -0.1) is 11.3 Å². The van der Waals surface area contributed by atoms with Gasteiger partial charge in [0, 0.05) is 17.6 Å². The molecular formula is C11H19N3S. The molecule has 0 saturated carbocycles. The van der Waals surface area contributed by atoms with E-state index in [0.29, 0.717) is 0 Å². The highest BCUT2D eigenvalue weighted by molar-refractivity contribution is 7.11. The predicted molar refractivity (Wildman–Crippen MR) is 64.2 cm³/mol. The number of thiazole rings is 1. The molecule has 2 heterocycles. The Morgan fingerprint density at radius 1 is 1.53 bits per heavy atom.